The molecule has 1 aromatic heterocycles. The average Bonchev–Trinajstić information content (AvgIpc) is 2.23. The van der Waals surface area contributed by atoms with E-state index in [0.717, 1.165) is 16.6 Å². The first-order chi connectivity index (χ1) is 7.51. The number of hydrogen-bond acceptors (Lipinski definition) is 4. The van der Waals surface area contributed by atoms with Crippen molar-refractivity contribution in [3.05, 3.63) is 16.0 Å². The molecule has 0 aromatic carbocycles. The normalized spacial score (nSPS) is 13.1. The number of rotatable bonds is 4. The smallest absolute Gasteiger partial charge is 0.160 e. The molecule has 0 aliphatic rings. The summed E-state index contributed by atoms with van der Waals surface area (Å²) in [6.45, 7) is 6.18. The third kappa shape index (κ3) is 2.71. The van der Waals surface area contributed by atoms with Gasteiger partial charge in [-0.05, 0) is 28.3 Å². The van der Waals surface area contributed by atoms with E-state index in [2.05, 4.69) is 39.7 Å². The molecule has 4 nitrogen and oxygen atoms in total. The maximum atomic E-state index is 5.84. The first kappa shape index (κ1) is 13.4. The quantitative estimate of drug-likeness (QED) is 0.925. The van der Waals surface area contributed by atoms with Gasteiger partial charge >= 0.3 is 0 Å². The monoisotopic (exact) mass is 287 g/mol. The van der Waals surface area contributed by atoms with Gasteiger partial charge in [0.05, 0.1) is 10.2 Å². The van der Waals surface area contributed by atoms with Crippen molar-refractivity contribution < 1.29 is 4.74 Å². The largest absolute Gasteiger partial charge is 0.383 e. The molecule has 1 unspecified atom stereocenters. The number of ether oxygens (including phenoxy) is 1. The van der Waals surface area contributed by atoms with Gasteiger partial charge in [-0.3, -0.25) is 0 Å². The number of halogens is 1. The number of anilines is 1. The molecular weight excluding hydrogens is 270 g/mol. The molecule has 1 heterocycles. The van der Waals surface area contributed by atoms with Crippen LogP contribution in [0.1, 0.15) is 38.4 Å². The third-order valence-corrected chi connectivity index (χ3v) is 3.28. The predicted molar refractivity (Wildman–Crippen MR) is 68.1 cm³/mol. The standard InChI is InChI=1S/C11H18BrN3O/c1-5-7-8(12)10(13)15-11(14-7)9(16-4)6(2)3/h6,9H,5H2,1-4H3,(H2,13,14,15). The number of nitrogens with zero attached hydrogens (tertiary/aromatic N) is 2. The Morgan fingerprint density at radius 2 is 2.00 bits per heavy atom. The summed E-state index contributed by atoms with van der Waals surface area (Å²) in [5.41, 5.74) is 6.76. The molecule has 0 saturated heterocycles. The van der Waals surface area contributed by atoms with Crippen molar-refractivity contribution >= 4 is 21.7 Å². The second-order valence-corrected chi connectivity index (χ2v) is 4.77. The fourth-order valence-corrected chi connectivity index (χ4v) is 2.03. The molecule has 0 amide bonds. The summed E-state index contributed by atoms with van der Waals surface area (Å²) >= 11 is 3.39. The van der Waals surface area contributed by atoms with Crippen molar-refractivity contribution in [2.75, 3.05) is 12.8 Å². The zero-order chi connectivity index (χ0) is 12.3. The van der Waals surface area contributed by atoms with Crippen molar-refractivity contribution in [3.63, 3.8) is 0 Å². The second kappa shape index (κ2) is 5.59. The summed E-state index contributed by atoms with van der Waals surface area (Å²) in [5, 5.41) is 0. The highest BCUT2D eigenvalue weighted by Gasteiger charge is 2.20. The highest BCUT2D eigenvalue weighted by atomic mass is 79.9. The lowest BCUT2D eigenvalue weighted by molar-refractivity contribution is 0.0574. The van der Waals surface area contributed by atoms with E-state index in [0.29, 0.717) is 17.6 Å². The van der Waals surface area contributed by atoms with Crippen molar-refractivity contribution in [1.82, 2.24) is 9.97 Å². The lowest BCUT2D eigenvalue weighted by atomic mass is 10.1. The fraction of sp³-hybridized carbons (Fsp3) is 0.636. The molecule has 0 radical (unpaired) electrons. The SMILES string of the molecule is CCc1nc(C(OC)C(C)C)nc(N)c1Br. The minimum Gasteiger partial charge on any atom is -0.383 e. The van der Waals surface area contributed by atoms with E-state index in [4.69, 9.17) is 10.5 Å². The van der Waals surface area contributed by atoms with Crippen molar-refractivity contribution in [2.45, 2.75) is 33.3 Å². The van der Waals surface area contributed by atoms with Gasteiger partial charge < -0.3 is 10.5 Å². The number of aromatic nitrogens is 2. The lowest BCUT2D eigenvalue weighted by Gasteiger charge is -2.19. The molecule has 5 heteroatoms. The summed E-state index contributed by atoms with van der Waals surface area (Å²) in [5.74, 6) is 1.45. The molecule has 0 fully saturated rings. The number of aryl methyl sites for hydroxylation is 1. The summed E-state index contributed by atoms with van der Waals surface area (Å²) in [6.07, 6.45) is 0.704. The van der Waals surface area contributed by atoms with Gasteiger partial charge in [0.2, 0.25) is 0 Å². The van der Waals surface area contributed by atoms with E-state index in [1.165, 1.54) is 0 Å². The van der Waals surface area contributed by atoms with E-state index in [1.807, 2.05) is 6.92 Å². The second-order valence-electron chi connectivity index (χ2n) is 3.98. The van der Waals surface area contributed by atoms with E-state index in [1.54, 1.807) is 7.11 Å². The molecule has 1 aromatic rings. The van der Waals surface area contributed by atoms with Crippen LogP contribution in [0.3, 0.4) is 0 Å². The van der Waals surface area contributed by atoms with Crippen LogP contribution in [0.25, 0.3) is 0 Å². The first-order valence-corrected chi connectivity index (χ1v) is 6.15. The summed E-state index contributed by atoms with van der Waals surface area (Å²) in [7, 11) is 1.66. The van der Waals surface area contributed by atoms with Crippen LogP contribution >= 0.6 is 15.9 Å². The first-order valence-electron chi connectivity index (χ1n) is 5.35. The predicted octanol–water partition coefficient (Wildman–Crippen LogP) is 2.73. The number of hydrogen-bond donors (Lipinski definition) is 1. The van der Waals surface area contributed by atoms with Gasteiger partial charge in [0.15, 0.2) is 5.82 Å². The Bertz CT molecular complexity index is 368. The van der Waals surface area contributed by atoms with E-state index >= 15 is 0 Å². The van der Waals surface area contributed by atoms with E-state index in [9.17, 15) is 0 Å². The minimum atomic E-state index is -0.110. The topological polar surface area (TPSA) is 61.0 Å². The van der Waals surface area contributed by atoms with Crippen LogP contribution in [0, 0.1) is 5.92 Å². The highest BCUT2D eigenvalue weighted by Crippen LogP contribution is 2.27. The van der Waals surface area contributed by atoms with Crippen LogP contribution in [0.2, 0.25) is 0 Å². The van der Waals surface area contributed by atoms with Crippen molar-refractivity contribution in [2.24, 2.45) is 5.92 Å². The van der Waals surface area contributed by atoms with Gasteiger partial charge in [-0.2, -0.15) is 0 Å². The molecule has 0 aliphatic heterocycles. The molecule has 0 saturated carbocycles. The lowest BCUT2D eigenvalue weighted by Crippen LogP contribution is -2.15. The number of nitrogens with two attached hydrogens (primary N) is 1. The maximum Gasteiger partial charge on any atom is 0.160 e. The van der Waals surface area contributed by atoms with Gasteiger partial charge in [-0.1, -0.05) is 20.8 Å². The Labute approximate surface area is 105 Å². The van der Waals surface area contributed by atoms with Crippen LogP contribution in [0.5, 0.6) is 0 Å². The maximum absolute atomic E-state index is 5.84. The van der Waals surface area contributed by atoms with Crippen LogP contribution in [-0.2, 0) is 11.2 Å². The zero-order valence-electron chi connectivity index (χ0n) is 10.1. The van der Waals surface area contributed by atoms with Crippen LogP contribution in [0.4, 0.5) is 5.82 Å². The van der Waals surface area contributed by atoms with E-state index < -0.39 is 0 Å². The zero-order valence-corrected chi connectivity index (χ0v) is 11.7. The highest BCUT2D eigenvalue weighted by molar-refractivity contribution is 9.10. The Hall–Kier alpha value is -0.680. The molecule has 16 heavy (non-hydrogen) atoms. The number of methoxy groups -OCH3 is 1. The van der Waals surface area contributed by atoms with Crippen molar-refractivity contribution in [3.8, 4) is 0 Å². The van der Waals surface area contributed by atoms with Gasteiger partial charge in [-0.25, -0.2) is 9.97 Å². The van der Waals surface area contributed by atoms with Crippen LogP contribution in [-0.4, -0.2) is 17.1 Å². The Balaban J connectivity index is 3.19. The Morgan fingerprint density at radius 1 is 1.38 bits per heavy atom. The molecule has 0 spiro atoms. The Kier molecular flexibility index (Phi) is 4.68. The average molecular weight is 288 g/mol. The summed E-state index contributed by atoms with van der Waals surface area (Å²) < 4.78 is 6.19. The molecule has 1 rings (SSSR count). The van der Waals surface area contributed by atoms with Crippen LogP contribution in [0.15, 0.2) is 4.47 Å². The Morgan fingerprint density at radius 3 is 2.44 bits per heavy atom. The summed E-state index contributed by atoms with van der Waals surface area (Å²) in [6, 6.07) is 0. The molecule has 0 bridgehead atoms. The third-order valence-electron chi connectivity index (χ3n) is 2.41. The van der Waals surface area contributed by atoms with Gasteiger partial charge in [0.1, 0.15) is 11.9 Å². The summed E-state index contributed by atoms with van der Waals surface area (Å²) in [4.78, 5) is 8.75. The molecule has 0 aliphatic carbocycles. The van der Waals surface area contributed by atoms with Gasteiger partial charge in [0, 0.05) is 7.11 Å². The fourth-order valence-electron chi connectivity index (χ4n) is 1.57. The van der Waals surface area contributed by atoms with Gasteiger partial charge in [-0.15, -0.1) is 0 Å². The minimum absolute atomic E-state index is 0.110. The van der Waals surface area contributed by atoms with Gasteiger partial charge in [0.25, 0.3) is 0 Å². The number of nitrogen functional groups attached to an aromatic ring is 1. The molecule has 2 N–H and O–H groups in total. The molecule has 90 valence electrons. The van der Waals surface area contributed by atoms with E-state index in [-0.39, 0.29) is 6.10 Å². The van der Waals surface area contributed by atoms with Crippen LogP contribution < -0.4 is 5.73 Å². The molecule has 1 atom stereocenters. The molecular formula is C11H18BrN3O. The van der Waals surface area contributed by atoms with Crippen molar-refractivity contribution in [1.29, 1.82) is 0 Å².